The lowest BCUT2D eigenvalue weighted by Gasteiger charge is -2.34. The molecule has 26 heavy (non-hydrogen) atoms. The molecular formula is C20H15N5O. The molecule has 0 radical (unpaired) electrons. The number of nitriles is 1. The van der Waals surface area contributed by atoms with Gasteiger partial charge >= 0.3 is 6.03 Å². The summed E-state index contributed by atoms with van der Waals surface area (Å²) in [6, 6.07) is 16.3. The van der Waals surface area contributed by atoms with Crippen LogP contribution < -0.4 is 10.2 Å². The third-order valence-corrected chi connectivity index (χ3v) is 4.35. The van der Waals surface area contributed by atoms with E-state index < -0.39 is 0 Å². The lowest BCUT2D eigenvalue weighted by atomic mass is 9.97. The normalized spacial score (nSPS) is 15.8. The van der Waals surface area contributed by atoms with Crippen LogP contribution in [0.15, 0.2) is 61.1 Å². The molecule has 2 aromatic carbocycles. The molecule has 1 unspecified atom stereocenters. The number of benzene rings is 2. The van der Waals surface area contributed by atoms with Crippen LogP contribution in [0.5, 0.6) is 0 Å². The predicted molar refractivity (Wildman–Crippen MR) is 96.9 cm³/mol. The monoisotopic (exact) mass is 341 g/mol. The van der Waals surface area contributed by atoms with Gasteiger partial charge < -0.3 is 5.32 Å². The smallest absolute Gasteiger partial charge is 0.326 e. The van der Waals surface area contributed by atoms with Gasteiger partial charge in [-0.1, -0.05) is 24.3 Å². The Kier molecular flexibility index (Phi) is 3.82. The Morgan fingerprint density at radius 1 is 1.19 bits per heavy atom. The Labute approximate surface area is 150 Å². The highest BCUT2D eigenvalue weighted by Gasteiger charge is 2.33. The maximum absolute atomic E-state index is 12.9. The zero-order chi connectivity index (χ0) is 18.1. The summed E-state index contributed by atoms with van der Waals surface area (Å²) in [6.07, 6.45) is 3.16. The number of rotatable bonds is 2. The van der Waals surface area contributed by atoms with Crippen LogP contribution in [0.1, 0.15) is 28.3 Å². The molecule has 2 amide bonds. The van der Waals surface area contributed by atoms with Crippen molar-refractivity contribution in [2.24, 2.45) is 0 Å². The van der Waals surface area contributed by atoms with E-state index in [1.165, 1.54) is 6.33 Å². The van der Waals surface area contributed by atoms with Crippen LogP contribution in [-0.4, -0.2) is 16.0 Å². The number of fused-ring (bicyclic) bond motifs is 1. The van der Waals surface area contributed by atoms with E-state index in [-0.39, 0.29) is 12.1 Å². The molecule has 0 aliphatic carbocycles. The van der Waals surface area contributed by atoms with E-state index in [1.807, 2.05) is 43.3 Å². The summed E-state index contributed by atoms with van der Waals surface area (Å²) in [5.74, 6) is 0.559. The van der Waals surface area contributed by atoms with Gasteiger partial charge in [-0.25, -0.2) is 19.7 Å². The molecule has 1 N–H and O–H groups in total. The van der Waals surface area contributed by atoms with E-state index in [2.05, 4.69) is 21.4 Å². The van der Waals surface area contributed by atoms with Crippen LogP contribution in [0.25, 0.3) is 0 Å². The van der Waals surface area contributed by atoms with Crippen LogP contribution in [0.4, 0.5) is 16.3 Å². The average molecular weight is 341 g/mol. The largest absolute Gasteiger partial charge is 0.328 e. The third-order valence-electron chi connectivity index (χ3n) is 4.35. The van der Waals surface area contributed by atoms with E-state index >= 15 is 0 Å². The van der Waals surface area contributed by atoms with E-state index in [4.69, 9.17) is 5.26 Å². The van der Waals surface area contributed by atoms with Gasteiger partial charge in [0.25, 0.3) is 0 Å². The summed E-state index contributed by atoms with van der Waals surface area (Å²) in [7, 11) is 0. The first-order valence-corrected chi connectivity index (χ1v) is 8.14. The molecule has 0 bridgehead atoms. The van der Waals surface area contributed by atoms with Gasteiger partial charge in [0.05, 0.1) is 23.4 Å². The molecule has 1 atom stereocenters. The van der Waals surface area contributed by atoms with E-state index in [0.717, 1.165) is 22.4 Å². The van der Waals surface area contributed by atoms with Gasteiger partial charge in [-0.15, -0.1) is 0 Å². The fourth-order valence-electron chi connectivity index (χ4n) is 3.11. The molecule has 0 spiro atoms. The number of amides is 2. The highest BCUT2D eigenvalue weighted by atomic mass is 16.2. The summed E-state index contributed by atoms with van der Waals surface area (Å²) in [4.78, 5) is 22.9. The first-order chi connectivity index (χ1) is 12.7. The van der Waals surface area contributed by atoms with Crippen molar-refractivity contribution >= 4 is 17.5 Å². The Morgan fingerprint density at radius 2 is 2.00 bits per heavy atom. The standard InChI is InChI=1S/C20H15N5O/c1-13-3-2-4-16(9-13)25-19-17(11-22-12-23-19)18(24-20(25)26)15-7-5-14(10-21)6-8-15/h2-9,11-12,18H,1H3,(H,24,26). The number of aryl methyl sites for hydroxylation is 1. The minimum Gasteiger partial charge on any atom is -0.326 e. The molecule has 3 aromatic rings. The number of nitrogens with one attached hydrogen (secondary N) is 1. The highest BCUT2D eigenvalue weighted by molar-refractivity contribution is 6.01. The quantitative estimate of drug-likeness (QED) is 0.772. The second kappa shape index (κ2) is 6.30. The SMILES string of the molecule is Cc1cccc(N2C(=O)NC(c3ccc(C#N)cc3)c3cncnc32)c1. The Morgan fingerprint density at radius 3 is 2.73 bits per heavy atom. The summed E-state index contributed by atoms with van der Waals surface area (Å²) in [6.45, 7) is 1.98. The zero-order valence-electron chi connectivity index (χ0n) is 14.0. The first kappa shape index (κ1) is 15.8. The highest BCUT2D eigenvalue weighted by Crippen LogP contribution is 2.37. The van der Waals surface area contributed by atoms with Crippen molar-refractivity contribution in [2.75, 3.05) is 4.90 Å². The minimum atomic E-state index is -0.368. The van der Waals surface area contributed by atoms with Crippen molar-refractivity contribution in [3.63, 3.8) is 0 Å². The lowest BCUT2D eigenvalue weighted by molar-refractivity contribution is 0.244. The van der Waals surface area contributed by atoms with E-state index in [9.17, 15) is 4.79 Å². The van der Waals surface area contributed by atoms with Crippen molar-refractivity contribution in [1.82, 2.24) is 15.3 Å². The van der Waals surface area contributed by atoms with E-state index in [1.54, 1.807) is 23.2 Å². The molecule has 1 aromatic heterocycles. The maximum Gasteiger partial charge on any atom is 0.328 e. The fraction of sp³-hybridized carbons (Fsp3) is 0.100. The number of nitrogens with zero attached hydrogens (tertiary/aromatic N) is 4. The van der Waals surface area contributed by atoms with Crippen LogP contribution in [0.2, 0.25) is 0 Å². The minimum absolute atomic E-state index is 0.254. The van der Waals surface area contributed by atoms with Crippen molar-refractivity contribution < 1.29 is 4.79 Å². The van der Waals surface area contributed by atoms with Crippen molar-refractivity contribution in [3.05, 3.63) is 83.3 Å². The molecule has 6 nitrogen and oxygen atoms in total. The average Bonchev–Trinajstić information content (AvgIpc) is 2.67. The fourth-order valence-corrected chi connectivity index (χ4v) is 3.11. The van der Waals surface area contributed by atoms with Gasteiger partial charge in [0, 0.05) is 11.8 Å². The molecule has 1 aliphatic rings. The summed E-state index contributed by atoms with van der Waals surface area (Å²) in [5, 5.41) is 12.0. The van der Waals surface area contributed by atoms with Crippen molar-refractivity contribution in [3.8, 4) is 6.07 Å². The van der Waals surface area contributed by atoms with Crippen molar-refractivity contribution in [1.29, 1.82) is 5.26 Å². The Bertz CT molecular complexity index is 1020. The molecular weight excluding hydrogens is 326 g/mol. The number of anilines is 2. The van der Waals surface area contributed by atoms with Crippen molar-refractivity contribution in [2.45, 2.75) is 13.0 Å². The number of carbonyl (C=O) groups excluding carboxylic acids is 1. The zero-order valence-corrected chi connectivity index (χ0v) is 14.0. The second-order valence-electron chi connectivity index (χ2n) is 6.09. The first-order valence-electron chi connectivity index (χ1n) is 8.14. The Balaban J connectivity index is 1.81. The molecule has 1 aliphatic heterocycles. The van der Waals surface area contributed by atoms with Gasteiger partial charge in [-0.2, -0.15) is 5.26 Å². The van der Waals surface area contributed by atoms with Crippen LogP contribution in [-0.2, 0) is 0 Å². The number of carbonyl (C=O) groups is 1. The number of aromatic nitrogens is 2. The van der Waals surface area contributed by atoms with Gasteiger partial charge in [0.2, 0.25) is 0 Å². The van der Waals surface area contributed by atoms with Gasteiger partial charge in [-0.05, 0) is 42.3 Å². The second-order valence-corrected chi connectivity index (χ2v) is 6.09. The number of hydrogen-bond acceptors (Lipinski definition) is 4. The molecule has 0 saturated carbocycles. The Hall–Kier alpha value is -3.72. The molecule has 6 heteroatoms. The lowest BCUT2D eigenvalue weighted by Crippen LogP contribution is -2.45. The molecule has 4 rings (SSSR count). The van der Waals surface area contributed by atoms with E-state index in [0.29, 0.717) is 11.4 Å². The number of hydrogen-bond donors (Lipinski definition) is 1. The van der Waals surface area contributed by atoms with Crippen LogP contribution in [0.3, 0.4) is 0 Å². The van der Waals surface area contributed by atoms with Crippen LogP contribution in [0, 0.1) is 18.3 Å². The van der Waals surface area contributed by atoms with Gasteiger partial charge in [0.15, 0.2) is 0 Å². The maximum atomic E-state index is 12.9. The molecule has 0 saturated heterocycles. The summed E-state index contributed by atoms with van der Waals surface area (Å²) < 4.78 is 0. The molecule has 126 valence electrons. The topological polar surface area (TPSA) is 81.9 Å². The summed E-state index contributed by atoms with van der Waals surface area (Å²) >= 11 is 0. The molecule has 0 fully saturated rings. The van der Waals surface area contributed by atoms with Gasteiger partial charge in [-0.3, -0.25) is 0 Å². The number of urea groups is 1. The third kappa shape index (κ3) is 2.66. The summed E-state index contributed by atoms with van der Waals surface area (Å²) in [5.41, 5.74) is 4.05. The predicted octanol–water partition coefficient (Wildman–Crippen LogP) is 3.61. The molecule has 2 heterocycles. The van der Waals surface area contributed by atoms with Gasteiger partial charge in [0.1, 0.15) is 12.1 Å². The van der Waals surface area contributed by atoms with Crippen LogP contribution >= 0.6 is 0 Å².